The first-order valence-electron chi connectivity index (χ1n) is 10.1. The Morgan fingerprint density at radius 3 is 2.97 bits per heavy atom. The van der Waals surface area contributed by atoms with Crippen molar-refractivity contribution in [1.82, 2.24) is 24.5 Å². The standard InChI is InChI=1S/C21H23FN6O/c22-17-6-7-19(23-12-17)26-9-10-27-18(13-26)11-16(21(27)29)4-1-3-15-5-2-8-28-20(15)24-14-25-28/h2,5-8,12,14,16,18H,1,3-4,9-11,13H2/t16-,18-/m1/s1. The van der Waals surface area contributed by atoms with Crippen LogP contribution in [0.1, 0.15) is 24.8 Å². The number of halogens is 1. The van der Waals surface area contributed by atoms with Gasteiger partial charge in [0.15, 0.2) is 5.65 Å². The summed E-state index contributed by atoms with van der Waals surface area (Å²) in [7, 11) is 0. The van der Waals surface area contributed by atoms with Gasteiger partial charge in [-0.1, -0.05) is 6.07 Å². The van der Waals surface area contributed by atoms with Crippen LogP contribution in [0.2, 0.25) is 0 Å². The van der Waals surface area contributed by atoms with Crippen LogP contribution in [0.5, 0.6) is 0 Å². The van der Waals surface area contributed by atoms with Gasteiger partial charge in [-0.2, -0.15) is 5.10 Å². The number of fused-ring (bicyclic) bond motifs is 2. The van der Waals surface area contributed by atoms with Gasteiger partial charge < -0.3 is 9.80 Å². The van der Waals surface area contributed by atoms with Crippen LogP contribution < -0.4 is 4.90 Å². The summed E-state index contributed by atoms with van der Waals surface area (Å²) in [5, 5.41) is 4.18. The number of amides is 1. The number of aromatic nitrogens is 4. The number of anilines is 1. The first kappa shape index (κ1) is 18.0. The van der Waals surface area contributed by atoms with Gasteiger partial charge in [0.25, 0.3) is 0 Å². The lowest BCUT2D eigenvalue weighted by atomic mass is 9.96. The maximum atomic E-state index is 13.1. The zero-order valence-corrected chi connectivity index (χ0v) is 16.1. The fourth-order valence-electron chi connectivity index (χ4n) is 4.65. The normalized spacial score (nSPS) is 21.8. The molecule has 0 unspecified atom stereocenters. The number of hydrogen-bond donors (Lipinski definition) is 0. The summed E-state index contributed by atoms with van der Waals surface area (Å²) in [6.07, 6.45) is 8.32. The van der Waals surface area contributed by atoms with Gasteiger partial charge in [-0.15, -0.1) is 0 Å². The third kappa shape index (κ3) is 3.43. The van der Waals surface area contributed by atoms with Gasteiger partial charge in [0, 0.05) is 31.7 Å². The van der Waals surface area contributed by atoms with Crippen LogP contribution >= 0.6 is 0 Å². The summed E-state index contributed by atoms with van der Waals surface area (Å²) < 4.78 is 14.9. The van der Waals surface area contributed by atoms with Crippen molar-refractivity contribution >= 4 is 17.4 Å². The highest BCUT2D eigenvalue weighted by atomic mass is 19.1. The van der Waals surface area contributed by atoms with Gasteiger partial charge in [-0.25, -0.2) is 18.9 Å². The number of piperazine rings is 1. The average Bonchev–Trinajstić information content (AvgIpc) is 3.34. The summed E-state index contributed by atoms with van der Waals surface area (Å²) in [4.78, 5) is 25.6. The summed E-state index contributed by atoms with van der Waals surface area (Å²) in [5.41, 5.74) is 2.06. The molecule has 3 aromatic rings. The predicted octanol–water partition coefficient (Wildman–Crippen LogP) is 2.32. The summed E-state index contributed by atoms with van der Waals surface area (Å²) in [5.74, 6) is 0.815. The zero-order valence-electron chi connectivity index (χ0n) is 16.1. The van der Waals surface area contributed by atoms with Gasteiger partial charge >= 0.3 is 0 Å². The number of hydrogen-bond acceptors (Lipinski definition) is 5. The second-order valence-electron chi connectivity index (χ2n) is 7.85. The molecular weight excluding hydrogens is 371 g/mol. The van der Waals surface area contributed by atoms with Crippen molar-refractivity contribution in [3.63, 3.8) is 0 Å². The molecule has 3 aromatic heterocycles. The minimum Gasteiger partial charge on any atom is -0.353 e. The molecule has 8 heteroatoms. The van der Waals surface area contributed by atoms with Crippen LogP contribution in [-0.4, -0.2) is 56.1 Å². The Bertz CT molecular complexity index is 1020. The largest absolute Gasteiger partial charge is 0.353 e. The molecule has 2 aliphatic heterocycles. The molecular formula is C21H23FN6O. The second kappa shape index (κ2) is 7.42. The number of carbonyl (C=O) groups excluding carboxylic acids is 1. The average molecular weight is 394 g/mol. The molecule has 0 aliphatic carbocycles. The van der Waals surface area contributed by atoms with Gasteiger partial charge in [0.2, 0.25) is 5.91 Å². The quantitative estimate of drug-likeness (QED) is 0.665. The lowest BCUT2D eigenvalue weighted by Crippen LogP contribution is -2.51. The third-order valence-corrected chi connectivity index (χ3v) is 6.09. The molecule has 1 amide bonds. The summed E-state index contributed by atoms with van der Waals surface area (Å²) >= 11 is 0. The molecule has 0 aromatic carbocycles. The topological polar surface area (TPSA) is 66.6 Å². The Balaban J connectivity index is 1.19. The highest BCUT2D eigenvalue weighted by molar-refractivity contribution is 5.82. The van der Waals surface area contributed by atoms with Gasteiger partial charge in [0.05, 0.1) is 12.2 Å². The maximum absolute atomic E-state index is 13.1. The van der Waals surface area contributed by atoms with E-state index in [1.807, 2.05) is 17.2 Å². The number of rotatable bonds is 5. The molecule has 0 bridgehead atoms. The Morgan fingerprint density at radius 2 is 2.10 bits per heavy atom. The van der Waals surface area contributed by atoms with Crippen LogP contribution in [0.15, 0.2) is 43.0 Å². The van der Waals surface area contributed by atoms with E-state index in [9.17, 15) is 9.18 Å². The Kier molecular flexibility index (Phi) is 4.61. The van der Waals surface area contributed by atoms with E-state index < -0.39 is 0 Å². The van der Waals surface area contributed by atoms with Crippen molar-refractivity contribution < 1.29 is 9.18 Å². The summed E-state index contributed by atoms with van der Waals surface area (Å²) in [6.45, 7) is 2.21. The molecule has 29 heavy (non-hydrogen) atoms. The van der Waals surface area contributed by atoms with Crippen LogP contribution in [0.3, 0.4) is 0 Å². The van der Waals surface area contributed by atoms with Crippen molar-refractivity contribution in [2.24, 2.45) is 5.92 Å². The molecule has 7 nitrogen and oxygen atoms in total. The van der Waals surface area contributed by atoms with Gasteiger partial charge in [0.1, 0.15) is 18.0 Å². The van der Waals surface area contributed by atoms with Crippen LogP contribution in [-0.2, 0) is 11.2 Å². The Hall–Kier alpha value is -3.03. The van der Waals surface area contributed by atoms with E-state index in [-0.39, 0.29) is 23.7 Å². The minimum absolute atomic E-state index is 0.0822. The Morgan fingerprint density at radius 1 is 1.17 bits per heavy atom. The first-order chi connectivity index (χ1) is 14.2. The van der Waals surface area contributed by atoms with Crippen molar-refractivity contribution in [2.45, 2.75) is 31.7 Å². The number of aryl methyl sites for hydroxylation is 1. The molecule has 5 rings (SSSR count). The summed E-state index contributed by atoms with van der Waals surface area (Å²) in [6, 6.07) is 7.43. The number of pyridine rings is 2. The van der Waals surface area contributed by atoms with Gasteiger partial charge in [-0.05, 0) is 49.4 Å². The second-order valence-corrected chi connectivity index (χ2v) is 7.85. The fourth-order valence-corrected chi connectivity index (χ4v) is 4.65. The van der Waals surface area contributed by atoms with Crippen molar-refractivity contribution in [2.75, 3.05) is 24.5 Å². The molecule has 0 spiro atoms. The highest BCUT2D eigenvalue weighted by Gasteiger charge is 2.42. The Labute approximate surface area is 168 Å². The zero-order chi connectivity index (χ0) is 19.8. The maximum Gasteiger partial charge on any atom is 0.226 e. The van der Waals surface area contributed by atoms with E-state index in [0.29, 0.717) is 6.54 Å². The van der Waals surface area contributed by atoms with Crippen LogP contribution in [0, 0.1) is 11.7 Å². The van der Waals surface area contributed by atoms with E-state index >= 15 is 0 Å². The lowest BCUT2D eigenvalue weighted by Gasteiger charge is -2.38. The molecule has 150 valence electrons. The fraction of sp³-hybridized carbons (Fsp3) is 0.429. The monoisotopic (exact) mass is 394 g/mol. The first-order valence-corrected chi connectivity index (χ1v) is 10.1. The molecule has 2 aliphatic rings. The minimum atomic E-state index is -0.328. The molecule has 0 radical (unpaired) electrons. The van der Waals surface area contributed by atoms with E-state index in [0.717, 1.165) is 50.2 Å². The van der Waals surface area contributed by atoms with Crippen molar-refractivity contribution in [1.29, 1.82) is 0 Å². The third-order valence-electron chi connectivity index (χ3n) is 6.09. The molecule has 0 N–H and O–H groups in total. The number of nitrogens with zero attached hydrogens (tertiary/aromatic N) is 6. The number of carbonyl (C=O) groups is 1. The van der Waals surface area contributed by atoms with Gasteiger partial charge in [-0.3, -0.25) is 4.79 Å². The van der Waals surface area contributed by atoms with Crippen molar-refractivity contribution in [3.8, 4) is 0 Å². The highest BCUT2D eigenvalue weighted by Crippen LogP contribution is 2.32. The molecule has 5 heterocycles. The smallest absolute Gasteiger partial charge is 0.226 e. The SMILES string of the molecule is O=C1[C@H](CCCc2cccn3ncnc23)C[C@@H]2CN(c3ccc(F)cn3)CCN12. The molecule has 2 saturated heterocycles. The van der Waals surface area contributed by atoms with E-state index in [1.165, 1.54) is 17.8 Å². The predicted molar refractivity (Wildman–Crippen MR) is 106 cm³/mol. The molecule has 2 atom stereocenters. The van der Waals surface area contributed by atoms with Crippen molar-refractivity contribution in [3.05, 3.63) is 54.4 Å². The lowest BCUT2D eigenvalue weighted by molar-refractivity contribution is -0.132. The van der Waals surface area contributed by atoms with Crippen LogP contribution in [0.25, 0.3) is 5.65 Å². The van der Waals surface area contributed by atoms with E-state index in [2.05, 4.69) is 26.0 Å². The van der Waals surface area contributed by atoms with Crippen LogP contribution in [0.4, 0.5) is 10.2 Å². The molecule has 2 fully saturated rings. The molecule has 0 saturated carbocycles. The van der Waals surface area contributed by atoms with E-state index in [1.54, 1.807) is 16.9 Å². The van der Waals surface area contributed by atoms with E-state index in [4.69, 9.17) is 0 Å².